The van der Waals surface area contributed by atoms with Crippen LogP contribution in [-0.4, -0.2) is 77.0 Å². The maximum Gasteiger partial charge on any atom is 0.294 e. The second-order valence-electron chi connectivity index (χ2n) is 5.63. The van der Waals surface area contributed by atoms with Gasteiger partial charge in [-0.05, 0) is 12.1 Å². The monoisotopic (exact) mass is 357 g/mol. The van der Waals surface area contributed by atoms with Gasteiger partial charge in [-0.2, -0.15) is 0 Å². The SMILES string of the molecule is COc1ccc2c(c1)O[C@H](O[C@H]1O[C@@H](CO)[C@@H](O)[C@H](O)[C@H]1O)C(=O)N2. The van der Waals surface area contributed by atoms with Crippen LogP contribution < -0.4 is 14.8 Å². The van der Waals surface area contributed by atoms with E-state index in [9.17, 15) is 25.2 Å². The molecule has 1 fully saturated rings. The van der Waals surface area contributed by atoms with E-state index in [1.54, 1.807) is 18.2 Å². The van der Waals surface area contributed by atoms with E-state index >= 15 is 0 Å². The molecule has 0 spiro atoms. The van der Waals surface area contributed by atoms with Gasteiger partial charge in [-0.1, -0.05) is 0 Å². The van der Waals surface area contributed by atoms with Crippen molar-refractivity contribution in [2.45, 2.75) is 37.0 Å². The molecule has 0 radical (unpaired) electrons. The van der Waals surface area contributed by atoms with E-state index in [1.807, 2.05) is 0 Å². The lowest BCUT2D eigenvalue weighted by Gasteiger charge is -2.40. The summed E-state index contributed by atoms with van der Waals surface area (Å²) in [5, 5.41) is 41.2. The summed E-state index contributed by atoms with van der Waals surface area (Å²) in [6.45, 7) is -0.609. The Hall–Kier alpha value is -1.95. The Kier molecular flexibility index (Phi) is 5.08. The number of rotatable bonds is 4. The molecule has 1 aromatic carbocycles. The molecule has 3 rings (SSSR count). The Morgan fingerprint density at radius 2 is 1.96 bits per heavy atom. The van der Waals surface area contributed by atoms with Crippen molar-refractivity contribution in [3.63, 3.8) is 0 Å². The molecule has 25 heavy (non-hydrogen) atoms. The number of benzene rings is 1. The van der Waals surface area contributed by atoms with Gasteiger partial charge in [0.25, 0.3) is 12.2 Å². The first-order valence-corrected chi connectivity index (χ1v) is 7.56. The average Bonchev–Trinajstić information content (AvgIpc) is 2.62. The summed E-state index contributed by atoms with van der Waals surface area (Å²) < 4.78 is 21.0. The van der Waals surface area contributed by atoms with E-state index in [0.717, 1.165) is 0 Å². The molecule has 5 N–H and O–H groups in total. The van der Waals surface area contributed by atoms with Crippen LogP contribution in [0, 0.1) is 0 Å². The second kappa shape index (κ2) is 7.12. The van der Waals surface area contributed by atoms with Gasteiger partial charge in [0, 0.05) is 6.07 Å². The minimum atomic E-state index is -1.64. The molecular formula is C15H19NO9. The highest BCUT2D eigenvalue weighted by atomic mass is 16.8. The van der Waals surface area contributed by atoms with Gasteiger partial charge >= 0.3 is 0 Å². The number of carbonyl (C=O) groups is 1. The number of nitrogens with one attached hydrogen (secondary N) is 1. The standard InChI is InChI=1S/C15H19NO9/c1-22-6-2-3-7-8(4-6)23-15(13(21)16-7)25-14-12(20)11(19)10(18)9(5-17)24-14/h2-4,9-12,14-15,17-20H,5H2,1H3,(H,16,21)/t9-,10+,11-,12+,14+,15+/m0/s1. The number of aliphatic hydroxyl groups excluding tert-OH is 4. The zero-order valence-corrected chi connectivity index (χ0v) is 13.2. The van der Waals surface area contributed by atoms with Crippen molar-refractivity contribution >= 4 is 11.6 Å². The number of hydrogen-bond donors (Lipinski definition) is 5. The van der Waals surface area contributed by atoms with Gasteiger partial charge in [0.15, 0.2) is 12.0 Å². The van der Waals surface area contributed by atoms with Gasteiger partial charge < -0.3 is 44.7 Å². The summed E-state index contributed by atoms with van der Waals surface area (Å²) in [6.07, 6.45) is -8.89. The number of fused-ring (bicyclic) bond motifs is 1. The minimum absolute atomic E-state index is 0.286. The van der Waals surface area contributed by atoms with E-state index in [1.165, 1.54) is 7.11 Å². The molecule has 0 unspecified atom stereocenters. The fourth-order valence-electron chi connectivity index (χ4n) is 2.58. The van der Waals surface area contributed by atoms with Gasteiger partial charge in [-0.25, -0.2) is 0 Å². The molecule has 0 aliphatic carbocycles. The van der Waals surface area contributed by atoms with Crippen molar-refractivity contribution in [1.82, 2.24) is 0 Å². The average molecular weight is 357 g/mol. The van der Waals surface area contributed by atoms with Crippen molar-refractivity contribution in [1.29, 1.82) is 0 Å². The predicted octanol–water partition coefficient (Wildman–Crippen LogP) is -1.83. The number of carbonyl (C=O) groups excluding carboxylic acids is 1. The maximum atomic E-state index is 12.1. The molecule has 10 nitrogen and oxygen atoms in total. The summed E-state index contributed by atoms with van der Waals surface area (Å²) in [5.74, 6) is 0.143. The Morgan fingerprint density at radius 1 is 1.20 bits per heavy atom. The highest BCUT2D eigenvalue weighted by Gasteiger charge is 2.46. The predicted molar refractivity (Wildman–Crippen MR) is 80.9 cm³/mol. The largest absolute Gasteiger partial charge is 0.497 e. The van der Waals surface area contributed by atoms with Crippen molar-refractivity contribution in [2.75, 3.05) is 19.0 Å². The summed E-state index contributed by atoms with van der Waals surface area (Å²) in [5.41, 5.74) is 0.416. The quantitative estimate of drug-likeness (QED) is 0.420. The number of aliphatic hydroxyl groups is 4. The Labute approximate surface area is 142 Å². The van der Waals surface area contributed by atoms with E-state index in [-0.39, 0.29) is 5.75 Å². The number of methoxy groups -OCH3 is 1. The molecule has 10 heteroatoms. The zero-order chi connectivity index (χ0) is 18.1. The van der Waals surface area contributed by atoms with Crippen LogP contribution in [0.2, 0.25) is 0 Å². The first kappa shape index (κ1) is 17.9. The molecule has 0 aromatic heterocycles. The highest BCUT2D eigenvalue weighted by Crippen LogP contribution is 2.34. The molecule has 1 amide bonds. The van der Waals surface area contributed by atoms with E-state index in [2.05, 4.69) is 5.32 Å². The lowest BCUT2D eigenvalue weighted by Crippen LogP contribution is -2.60. The third-order valence-corrected chi connectivity index (χ3v) is 4.00. The van der Waals surface area contributed by atoms with E-state index in [0.29, 0.717) is 11.4 Å². The number of ether oxygens (including phenoxy) is 4. The van der Waals surface area contributed by atoms with Crippen LogP contribution in [0.4, 0.5) is 5.69 Å². The lowest BCUT2D eigenvalue weighted by molar-refractivity contribution is -0.322. The van der Waals surface area contributed by atoms with Gasteiger partial charge in [0.2, 0.25) is 0 Å². The van der Waals surface area contributed by atoms with Crippen LogP contribution in [0.1, 0.15) is 0 Å². The van der Waals surface area contributed by atoms with Crippen molar-refractivity contribution in [3.05, 3.63) is 18.2 Å². The molecule has 2 aliphatic rings. The molecular weight excluding hydrogens is 338 g/mol. The van der Waals surface area contributed by atoms with E-state index < -0.39 is 49.5 Å². The van der Waals surface area contributed by atoms with Gasteiger partial charge in [-0.3, -0.25) is 4.79 Å². The van der Waals surface area contributed by atoms with Crippen molar-refractivity contribution < 1.29 is 44.2 Å². The molecule has 2 heterocycles. The van der Waals surface area contributed by atoms with Crippen LogP contribution in [0.5, 0.6) is 11.5 Å². The number of hydrogen-bond acceptors (Lipinski definition) is 9. The molecule has 1 saturated heterocycles. The van der Waals surface area contributed by atoms with Gasteiger partial charge in [0.1, 0.15) is 30.2 Å². The highest BCUT2D eigenvalue weighted by molar-refractivity contribution is 5.97. The third kappa shape index (κ3) is 3.40. The topological polar surface area (TPSA) is 147 Å². The minimum Gasteiger partial charge on any atom is -0.497 e. The third-order valence-electron chi connectivity index (χ3n) is 4.00. The summed E-state index contributed by atoms with van der Waals surface area (Å²) >= 11 is 0. The van der Waals surface area contributed by atoms with Crippen LogP contribution in [0.15, 0.2) is 18.2 Å². The number of anilines is 1. The van der Waals surface area contributed by atoms with Gasteiger partial charge in [-0.15, -0.1) is 0 Å². The first-order valence-electron chi connectivity index (χ1n) is 7.56. The molecule has 0 bridgehead atoms. The molecule has 1 aromatic rings. The molecule has 2 aliphatic heterocycles. The first-order chi connectivity index (χ1) is 11.9. The van der Waals surface area contributed by atoms with Crippen LogP contribution in [0.3, 0.4) is 0 Å². The van der Waals surface area contributed by atoms with Crippen molar-refractivity contribution in [2.24, 2.45) is 0 Å². The lowest BCUT2D eigenvalue weighted by atomic mass is 9.99. The van der Waals surface area contributed by atoms with E-state index in [4.69, 9.17) is 18.9 Å². The Balaban J connectivity index is 1.74. The summed E-state index contributed by atoms with van der Waals surface area (Å²) in [6, 6.07) is 4.77. The second-order valence-corrected chi connectivity index (χ2v) is 5.63. The fourth-order valence-corrected chi connectivity index (χ4v) is 2.58. The molecule has 138 valence electrons. The smallest absolute Gasteiger partial charge is 0.294 e. The van der Waals surface area contributed by atoms with Gasteiger partial charge in [0.05, 0.1) is 19.4 Å². The van der Waals surface area contributed by atoms with Crippen LogP contribution in [-0.2, 0) is 14.3 Å². The normalized spacial score (nSPS) is 34.7. The van der Waals surface area contributed by atoms with Crippen LogP contribution >= 0.6 is 0 Å². The van der Waals surface area contributed by atoms with Crippen molar-refractivity contribution in [3.8, 4) is 11.5 Å². The Morgan fingerprint density at radius 3 is 2.64 bits per heavy atom. The Bertz CT molecular complexity index is 637. The summed E-state index contributed by atoms with van der Waals surface area (Å²) in [7, 11) is 1.48. The molecule has 6 atom stereocenters. The maximum absolute atomic E-state index is 12.1. The fraction of sp³-hybridized carbons (Fsp3) is 0.533. The summed E-state index contributed by atoms with van der Waals surface area (Å²) in [4.78, 5) is 12.1. The molecule has 0 saturated carbocycles. The van der Waals surface area contributed by atoms with Crippen LogP contribution in [0.25, 0.3) is 0 Å². The number of amides is 1. The zero-order valence-electron chi connectivity index (χ0n) is 13.2.